The molecule has 2 aromatic carbocycles. The minimum absolute atomic E-state index is 0.197. The minimum Gasteiger partial charge on any atom is -0.368 e. The Balaban J connectivity index is 1.35. The number of nitrogens with zero attached hydrogens (tertiary/aromatic N) is 4. The third-order valence-electron chi connectivity index (χ3n) is 4.91. The molecule has 3 aromatic rings. The Hall–Kier alpha value is -3.68. The Kier molecular flexibility index (Phi) is 5.24. The van der Waals surface area contributed by atoms with Gasteiger partial charge in [0.15, 0.2) is 0 Å². The van der Waals surface area contributed by atoms with Crippen molar-refractivity contribution < 1.29 is 9.59 Å². The molecule has 0 bridgehead atoms. The fourth-order valence-corrected chi connectivity index (χ4v) is 3.43. The number of imidazole rings is 1. The third kappa shape index (κ3) is 3.96. The molecule has 0 saturated heterocycles. The summed E-state index contributed by atoms with van der Waals surface area (Å²) in [6.07, 6.45) is 2.76. The first-order valence-corrected chi connectivity index (χ1v) is 9.52. The molecule has 1 aromatic heterocycles. The number of rotatable bonds is 7. The van der Waals surface area contributed by atoms with Crippen LogP contribution in [0.5, 0.6) is 0 Å². The Morgan fingerprint density at radius 3 is 2.66 bits per heavy atom. The van der Waals surface area contributed by atoms with E-state index in [0.29, 0.717) is 12.3 Å². The highest BCUT2D eigenvalue weighted by Gasteiger charge is 2.34. The number of para-hydroxylation sites is 3. The summed E-state index contributed by atoms with van der Waals surface area (Å²) in [7, 11) is 0. The lowest BCUT2D eigenvalue weighted by molar-refractivity contribution is -0.119. The average molecular weight is 390 g/mol. The van der Waals surface area contributed by atoms with Gasteiger partial charge in [0.2, 0.25) is 5.91 Å². The number of anilines is 1. The van der Waals surface area contributed by atoms with Crippen molar-refractivity contribution in [3.63, 3.8) is 0 Å². The van der Waals surface area contributed by atoms with Crippen molar-refractivity contribution in [1.82, 2.24) is 14.9 Å². The van der Waals surface area contributed by atoms with Crippen molar-refractivity contribution >= 4 is 34.2 Å². The number of fused-ring (bicyclic) bond motifs is 1. The summed E-state index contributed by atoms with van der Waals surface area (Å²) >= 11 is 0. The second-order valence-corrected chi connectivity index (χ2v) is 6.89. The molecular formula is C21H22N6O2. The van der Waals surface area contributed by atoms with Gasteiger partial charge in [-0.05, 0) is 30.7 Å². The third-order valence-corrected chi connectivity index (χ3v) is 4.91. The summed E-state index contributed by atoms with van der Waals surface area (Å²) in [6, 6.07) is 16.5. The number of aryl methyl sites for hydroxylation is 1. The lowest BCUT2D eigenvalue weighted by Gasteiger charge is -2.20. The molecule has 8 heteroatoms. The molecule has 3 N–H and O–H groups in total. The zero-order valence-corrected chi connectivity index (χ0v) is 15.9. The van der Waals surface area contributed by atoms with Crippen molar-refractivity contribution in [1.29, 1.82) is 0 Å². The number of primary amides is 1. The number of amides is 2. The normalized spacial score (nSPS) is 16.1. The second-order valence-electron chi connectivity index (χ2n) is 6.89. The molecule has 4 rings (SSSR count). The van der Waals surface area contributed by atoms with E-state index in [1.54, 1.807) is 0 Å². The van der Waals surface area contributed by atoms with E-state index in [4.69, 9.17) is 5.73 Å². The molecule has 1 aliphatic heterocycles. The molecule has 0 saturated carbocycles. The number of hydrogen-bond acceptors (Lipinski definition) is 5. The molecule has 8 nitrogen and oxygen atoms in total. The van der Waals surface area contributed by atoms with E-state index in [9.17, 15) is 9.59 Å². The highest BCUT2D eigenvalue weighted by molar-refractivity contribution is 6.40. The predicted molar refractivity (Wildman–Crippen MR) is 111 cm³/mol. The number of carbonyl (C=O) groups is 2. The molecular weight excluding hydrogens is 368 g/mol. The van der Waals surface area contributed by atoms with E-state index in [1.807, 2.05) is 60.9 Å². The van der Waals surface area contributed by atoms with Gasteiger partial charge in [-0.2, -0.15) is 5.10 Å². The van der Waals surface area contributed by atoms with Crippen LogP contribution in [0, 0.1) is 0 Å². The maximum atomic E-state index is 12.5. The van der Waals surface area contributed by atoms with Crippen LogP contribution in [0.1, 0.15) is 12.8 Å². The van der Waals surface area contributed by atoms with Crippen molar-refractivity contribution in [2.45, 2.75) is 25.4 Å². The van der Waals surface area contributed by atoms with Crippen molar-refractivity contribution in [3.8, 4) is 0 Å². The summed E-state index contributed by atoms with van der Waals surface area (Å²) in [5.41, 5.74) is 8.58. The summed E-state index contributed by atoms with van der Waals surface area (Å²) in [6.45, 7) is 1.24. The Labute approximate surface area is 168 Å². The lowest BCUT2D eigenvalue weighted by Crippen LogP contribution is -2.40. The van der Waals surface area contributed by atoms with E-state index in [1.165, 1.54) is 5.01 Å². The quantitative estimate of drug-likeness (QED) is 0.599. The van der Waals surface area contributed by atoms with E-state index in [0.717, 1.165) is 29.7 Å². The largest absolute Gasteiger partial charge is 0.368 e. The van der Waals surface area contributed by atoms with Gasteiger partial charge >= 0.3 is 0 Å². The van der Waals surface area contributed by atoms with Gasteiger partial charge in [0, 0.05) is 19.5 Å². The molecule has 0 radical (unpaired) electrons. The Morgan fingerprint density at radius 2 is 1.86 bits per heavy atom. The highest BCUT2D eigenvalue weighted by atomic mass is 16.2. The van der Waals surface area contributed by atoms with Crippen molar-refractivity contribution in [3.05, 3.63) is 60.9 Å². The van der Waals surface area contributed by atoms with Gasteiger partial charge in [0.1, 0.15) is 11.8 Å². The van der Waals surface area contributed by atoms with Gasteiger partial charge in [0.05, 0.1) is 23.0 Å². The molecule has 1 atom stereocenters. The van der Waals surface area contributed by atoms with E-state index in [2.05, 4.69) is 20.0 Å². The molecule has 1 unspecified atom stereocenters. The zero-order valence-electron chi connectivity index (χ0n) is 15.9. The zero-order chi connectivity index (χ0) is 20.2. The fraction of sp³-hybridized carbons (Fsp3) is 0.238. The monoisotopic (exact) mass is 390 g/mol. The minimum atomic E-state index is -0.657. The molecule has 2 heterocycles. The fourth-order valence-electron chi connectivity index (χ4n) is 3.43. The lowest BCUT2D eigenvalue weighted by atomic mass is 10.1. The van der Waals surface area contributed by atoms with Crippen molar-refractivity contribution in [2.24, 2.45) is 10.8 Å². The molecule has 2 amide bonds. The van der Waals surface area contributed by atoms with Crippen LogP contribution in [0.4, 0.5) is 5.69 Å². The number of benzene rings is 2. The molecule has 29 heavy (non-hydrogen) atoms. The summed E-state index contributed by atoms with van der Waals surface area (Å²) in [5.74, 6) is -0.780. The Morgan fingerprint density at radius 1 is 1.10 bits per heavy atom. The SMILES string of the molecule is NC(=O)C1CC(C(=O)NCCCn2cnc3ccccc32)=NN1c1ccccc1. The molecule has 0 spiro atoms. The van der Waals surface area contributed by atoms with Crippen LogP contribution in [0.15, 0.2) is 66.0 Å². The second kappa shape index (κ2) is 8.14. The Bertz CT molecular complexity index is 1060. The summed E-state index contributed by atoms with van der Waals surface area (Å²) in [5, 5.41) is 8.76. The van der Waals surface area contributed by atoms with Crippen LogP contribution in [0.25, 0.3) is 11.0 Å². The van der Waals surface area contributed by atoms with Crippen LogP contribution in [-0.4, -0.2) is 39.7 Å². The van der Waals surface area contributed by atoms with Crippen molar-refractivity contribution in [2.75, 3.05) is 11.6 Å². The summed E-state index contributed by atoms with van der Waals surface area (Å²) in [4.78, 5) is 28.7. The number of carbonyl (C=O) groups excluding carboxylic acids is 2. The number of nitrogens with two attached hydrogens (primary N) is 1. The van der Waals surface area contributed by atoms with Crippen LogP contribution < -0.4 is 16.1 Å². The predicted octanol–water partition coefficient (Wildman–Crippen LogP) is 1.66. The highest BCUT2D eigenvalue weighted by Crippen LogP contribution is 2.24. The maximum Gasteiger partial charge on any atom is 0.267 e. The van der Waals surface area contributed by atoms with E-state index in [-0.39, 0.29) is 12.3 Å². The first-order chi connectivity index (χ1) is 14.1. The topological polar surface area (TPSA) is 106 Å². The van der Waals surface area contributed by atoms with Crippen LogP contribution in [0.2, 0.25) is 0 Å². The number of hydrogen-bond donors (Lipinski definition) is 2. The van der Waals surface area contributed by atoms with E-state index < -0.39 is 11.9 Å². The number of hydrazone groups is 1. The number of aromatic nitrogens is 2. The average Bonchev–Trinajstić information content (AvgIpc) is 3.37. The van der Waals surface area contributed by atoms with Crippen LogP contribution in [-0.2, 0) is 16.1 Å². The maximum absolute atomic E-state index is 12.5. The van der Waals surface area contributed by atoms with Gasteiger partial charge in [-0.1, -0.05) is 30.3 Å². The number of nitrogens with one attached hydrogen (secondary N) is 1. The van der Waals surface area contributed by atoms with Gasteiger partial charge in [-0.25, -0.2) is 4.98 Å². The standard InChI is InChI=1S/C21H22N6O2/c22-20(28)19-13-17(25-27(19)15-7-2-1-3-8-15)21(29)23-11-6-12-26-14-24-16-9-4-5-10-18(16)26/h1-5,7-10,14,19H,6,11-13H2,(H2,22,28)(H,23,29). The molecule has 0 aliphatic carbocycles. The first-order valence-electron chi connectivity index (χ1n) is 9.52. The van der Waals surface area contributed by atoms with Crippen LogP contribution in [0.3, 0.4) is 0 Å². The molecule has 148 valence electrons. The van der Waals surface area contributed by atoms with Gasteiger partial charge in [-0.3, -0.25) is 14.6 Å². The smallest absolute Gasteiger partial charge is 0.267 e. The van der Waals surface area contributed by atoms with Gasteiger partial charge in [-0.15, -0.1) is 0 Å². The first kappa shape index (κ1) is 18.7. The van der Waals surface area contributed by atoms with Gasteiger partial charge < -0.3 is 15.6 Å². The van der Waals surface area contributed by atoms with E-state index >= 15 is 0 Å². The summed E-state index contributed by atoms with van der Waals surface area (Å²) < 4.78 is 2.06. The van der Waals surface area contributed by atoms with Gasteiger partial charge in [0.25, 0.3) is 5.91 Å². The molecule has 1 aliphatic rings. The molecule has 0 fully saturated rings. The van der Waals surface area contributed by atoms with Crippen LogP contribution >= 0.6 is 0 Å².